The van der Waals surface area contributed by atoms with E-state index in [1.807, 2.05) is 34.0 Å². The van der Waals surface area contributed by atoms with Crippen molar-refractivity contribution in [1.29, 1.82) is 0 Å². The first-order valence-corrected chi connectivity index (χ1v) is 6.97. The van der Waals surface area contributed by atoms with Crippen LogP contribution in [0.15, 0.2) is 6.20 Å². The molecule has 1 heterocycles. The van der Waals surface area contributed by atoms with Crippen LogP contribution in [0.3, 0.4) is 0 Å². The summed E-state index contributed by atoms with van der Waals surface area (Å²) in [6.07, 6.45) is 4.07. The largest absolute Gasteiger partial charge is 0.352 e. The molecule has 0 fully saturated rings. The fourth-order valence-corrected chi connectivity index (χ4v) is 2.05. The average Bonchev–Trinajstić information content (AvgIpc) is 2.64. The maximum absolute atomic E-state index is 11.9. The Morgan fingerprint density at radius 2 is 2.16 bits per heavy atom. The van der Waals surface area contributed by atoms with Crippen molar-refractivity contribution in [3.8, 4) is 0 Å². The Labute approximate surface area is 115 Å². The predicted molar refractivity (Wildman–Crippen MR) is 76.8 cm³/mol. The van der Waals surface area contributed by atoms with Gasteiger partial charge in [0.25, 0.3) is 0 Å². The molecule has 108 valence electrons. The third-order valence-electron chi connectivity index (χ3n) is 3.22. The van der Waals surface area contributed by atoms with Crippen molar-refractivity contribution in [2.75, 3.05) is 0 Å². The number of carbonyl (C=O) groups is 1. The lowest BCUT2D eigenvalue weighted by molar-refractivity contribution is -0.123. The van der Waals surface area contributed by atoms with Crippen LogP contribution in [-0.2, 0) is 18.4 Å². The standard InChI is InChI=1S/C14H26N4O/c1-6-7-10(2)16-14(19)12(4)15-8-13-9-18(5)17-11(13)3/h9-10,12,15H,6-8H2,1-5H3,(H,16,19). The van der Waals surface area contributed by atoms with Crippen molar-refractivity contribution in [1.82, 2.24) is 20.4 Å². The highest BCUT2D eigenvalue weighted by Gasteiger charge is 2.15. The molecule has 0 radical (unpaired) electrons. The molecule has 1 rings (SSSR count). The van der Waals surface area contributed by atoms with Crippen molar-refractivity contribution in [3.05, 3.63) is 17.5 Å². The third kappa shape index (κ3) is 5.03. The van der Waals surface area contributed by atoms with Crippen LogP contribution in [0.2, 0.25) is 0 Å². The van der Waals surface area contributed by atoms with Crippen LogP contribution >= 0.6 is 0 Å². The molecule has 19 heavy (non-hydrogen) atoms. The molecule has 2 unspecified atom stereocenters. The van der Waals surface area contributed by atoms with Gasteiger partial charge in [-0.3, -0.25) is 9.48 Å². The van der Waals surface area contributed by atoms with Crippen LogP contribution in [0.1, 0.15) is 44.9 Å². The van der Waals surface area contributed by atoms with Gasteiger partial charge in [-0.15, -0.1) is 0 Å². The van der Waals surface area contributed by atoms with Crippen molar-refractivity contribution in [3.63, 3.8) is 0 Å². The van der Waals surface area contributed by atoms with E-state index >= 15 is 0 Å². The summed E-state index contributed by atoms with van der Waals surface area (Å²) >= 11 is 0. The van der Waals surface area contributed by atoms with Crippen molar-refractivity contribution >= 4 is 5.91 Å². The quantitative estimate of drug-likeness (QED) is 0.786. The number of hydrogen-bond donors (Lipinski definition) is 2. The van der Waals surface area contributed by atoms with Gasteiger partial charge >= 0.3 is 0 Å². The molecule has 0 aromatic carbocycles. The highest BCUT2D eigenvalue weighted by molar-refractivity contribution is 5.81. The summed E-state index contributed by atoms with van der Waals surface area (Å²) in [6, 6.07) is 0.0424. The Morgan fingerprint density at radius 3 is 2.68 bits per heavy atom. The summed E-state index contributed by atoms with van der Waals surface area (Å²) in [4.78, 5) is 11.9. The van der Waals surface area contributed by atoms with E-state index in [0.29, 0.717) is 6.54 Å². The number of rotatable bonds is 7. The lowest BCUT2D eigenvalue weighted by Gasteiger charge is -2.18. The van der Waals surface area contributed by atoms with Crippen LogP contribution < -0.4 is 10.6 Å². The zero-order chi connectivity index (χ0) is 14.4. The monoisotopic (exact) mass is 266 g/mol. The van der Waals surface area contributed by atoms with E-state index in [2.05, 4.69) is 22.7 Å². The maximum Gasteiger partial charge on any atom is 0.237 e. The SMILES string of the molecule is CCCC(C)NC(=O)C(C)NCc1cn(C)nc1C. The van der Waals surface area contributed by atoms with Crippen LogP contribution in [-0.4, -0.2) is 27.8 Å². The summed E-state index contributed by atoms with van der Waals surface area (Å²) in [5, 5.41) is 10.5. The Morgan fingerprint density at radius 1 is 1.47 bits per heavy atom. The lowest BCUT2D eigenvalue weighted by Crippen LogP contribution is -2.45. The minimum Gasteiger partial charge on any atom is -0.352 e. The molecule has 0 aliphatic carbocycles. The summed E-state index contributed by atoms with van der Waals surface area (Å²) < 4.78 is 1.79. The molecule has 0 saturated heterocycles. The molecule has 1 aromatic rings. The second kappa shape index (κ2) is 7.28. The second-order valence-corrected chi connectivity index (χ2v) is 5.21. The fraction of sp³-hybridized carbons (Fsp3) is 0.714. The molecule has 0 bridgehead atoms. The van der Waals surface area contributed by atoms with Gasteiger partial charge in [-0.2, -0.15) is 5.10 Å². The average molecular weight is 266 g/mol. The smallest absolute Gasteiger partial charge is 0.237 e. The zero-order valence-electron chi connectivity index (χ0n) is 12.7. The normalized spacial score (nSPS) is 14.2. The number of hydrogen-bond acceptors (Lipinski definition) is 3. The van der Waals surface area contributed by atoms with Gasteiger partial charge < -0.3 is 10.6 Å². The Kier molecular flexibility index (Phi) is 6.02. The maximum atomic E-state index is 11.9. The predicted octanol–water partition coefficient (Wildman–Crippen LogP) is 1.51. The molecule has 1 aromatic heterocycles. The van der Waals surface area contributed by atoms with Crippen molar-refractivity contribution < 1.29 is 4.79 Å². The van der Waals surface area contributed by atoms with E-state index < -0.39 is 0 Å². The van der Waals surface area contributed by atoms with E-state index in [1.165, 1.54) is 0 Å². The molecule has 2 N–H and O–H groups in total. The first-order valence-electron chi connectivity index (χ1n) is 6.97. The summed E-state index contributed by atoms with van der Waals surface area (Å²) in [5.74, 6) is 0.0579. The van der Waals surface area contributed by atoms with Gasteiger partial charge in [-0.05, 0) is 27.2 Å². The van der Waals surface area contributed by atoms with Gasteiger partial charge in [0, 0.05) is 31.4 Å². The molecule has 5 heteroatoms. The van der Waals surface area contributed by atoms with Crippen molar-refractivity contribution in [2.45, 2.75) is 59.2 Å². The minimum absolute atomic E-state index is 0.0579. The molecular formula is C14H26N4O. The van der Waals surface area contributed by atoms with Crippen molar-refractivity contribution in [2.24, 2.45) is 7.05 Å². The molecule has 5 nitrogen and oxygen atoms in total. The summed E-state index contributed by atoms with van der Waals surface area (Å²) in [5.41, 5.74) is 2.13. The lowest BCUT2D eigenvalue weighted by atomic mass is 10.2. The Balaban J connectivity index is 2.40. The summed E-state index contributed by atoms with van der Waals surface area (Å²) in [6.45, 7) is 8.69. The van der Waals surface area contributed by atoms with Crippen LogP contribution in [0.25, 0.3) is 0 Å². The molecule has 0 aliphatic heterocycles. The molecule has 1 amide bonds. The third-order valence-corrected chi connectivity index (χ3v) is 3.22. The number of aryl methyl sites for hydroxylation is 2. The van der Waals surface area contributed by atoms with E-state index in [-0.39, 0.29) is 18.0 Å². The van der Waals surface area contributed by atoms with Gasteiger partial charge in [0.05, 0.1) is 11.7 Å². The minimum atomic E-state index is -0.195. The number of amides is 1. The number of nitrogens with zero attached hydrogens (tertiary/aromatic N) is 2. The fourth-order valence-electron chi connectivity index (χ4n) is 2.05. The van der Waals surface area contributed by atoms with Gasteiger partial charge in [-0.1, -0.05) is 13.3 Å². The molecular weight excluding hydrogens is 240 g/mol. The van der Waals surface area contributed by atoms with Gasteiger partial charge in [0.1, 0.15) is 0 Å². The van der Waals surface area contributed by atoms with E-state index in [9.17, 15) is 4.79 Å². The van der Waals surface area contributed by atoms with Crippen LogP contribution in [0.5, 0.6) is 0 Å². The number of aromatic nitrogens is 2. The Hall–Kier alpha value is -1.36. The molecule has 0 saturated carbocycles. The highest BCUT2D eigenvalue weighted by atomic mass is 16.2. The molecule has 0 spiro atoms. The van der Waals surface area contributed by atoms with Gasteiger partial charge in [-0.25, -0.2) is 0 Å². The first-order chi connectivity index (χ1) is 8.93. The van der Waals surface area contributed by atoms with Crippen LogP contribution in [0.4, 0.5) is 0 Å². The Bertz CT molecular complexity index is 414. The van der Waals surface area contributed by atoms with Gasteiger partial charge in [0.15, 0.2) is 0 Å². The van der Waals surface area contributed by atoms with E-state index in [0.717, 1.165) is 24.1 Å². The zero-order valence-corrected chi connectivity index (χ0v) is 12.7. The van der Waals surface area contributed by atoms with E-state index in [4.69, 9.17) is 0 Å². The van der Waals surface area contributed by atoms with Gasteiger partial charge in [0.2, 0.25) is 5.91 Å². The first kappa shape index (κ1) is 15.7. The molecule has 2 atom stereocenters. The highest BCUT2D eigenvalue weighted by Crippen LogP contribution is 2.04. The van der Waals surface area contributed by atoms with Crippen LogP contribution in [0, 0.1) is 6.92 Å². The summed E-state index contributed by atoms with van der Waals surface area (Å²) in [7, 11) is 1.90. The molecule has 0 aliphatic rings. The topological polar surface area (TPSA) is 59.0 Å². The van der Waals surface area contributed by atoms with E-state index in [1.54, 1.807) is 4.68 Å². The number of nitrogens with one attached hydrogen (secondary N) is 2. The number of carbonyl (C=O) groups excluding carboxylic acids is 1. The second-order valence-electron chi connectivity index (χ2n) is 5.21.